The van der Waals surface area contributed by atoms with Crippen molar-refractivity contribution in [1.29, 1.82) is 0 Å². The van der Waals surface area contributed by atoms with E-state index < -0.39 is 5.60 Å². The van der Waals surface area contributed by atoms with Crippen molar-refractivity contribution < 1.29 is 14.6 Å². The number of aliphatic hydroxyl groups excluding tert-OH is 1. The highest BCUT2D eigenvalue weighted by atomic mass is 16.6. The summed E-state index contributed by atoms with van der Waals surface area (Å²) in [5.41, 5.74) is 0.659. The molecule has 0 radical (unpaired) electrons. The summed E-state index contributed by atoms with van der Waals surface area (Å²) in [5.74, 6) is -0.208. The SMILES string of the molecule is O=C1C=C2CC3C(O)CC2(O1)C1CCCCN31. The first-order chi connectivity index (χ1) is 8.21. The highest BCUT2D eigenvalue weighted by Gasteiger charge is 2.62. The third-order valence-corrected chi connectivity index (χ3v) is 5.01. The maximum atomic E-state index is 11.6. The quantitative estimate of drug-likeness (QED) is 0.625. The lowest BCUT2D eigenvalue weighted by molar-refractivity contribution is -0.188. The minimum atomic E-state index is -0.480. The number of rotatable bonds is 0. The zero-order valence-electron chi connectivity index (χ0n) is 9.76. The Bertz CT molecular complexity index is 419. The standard InChI is InChI=1S/C13H17NO3/c15-10-7-13-8(6-12(16)17-13)5-9(10)14-4-2-1-3-11(13)14/h6,9-11,15H,1-5,7H2. The van der Waals surface area contributed by atoms with Crippen LogP contribution in [0.15, 0.2) is 11.6 Å². The zero-order chi connectivity index (χ0) is 11.6. The van der Waals surface area contributed by atoms with Gasteiger partial charge in [0.1, 0.15) is 0 Å². The molecule has 4 fully saturated rings. The lowest BCUT2D eigenvalue weighted by Gasteiger charge is -2.60. The topological polar surface area (TPSA) is 49.8 Å². The normalized spacial score (nSPS) is 48.4. The number of carbonyl (C=O) groups excluding carboxylic acids is 1. The van der Waals surface area contributed by atoms with Gasteiger partial charge in [0.15, 0.2) is 5.60 Å². The maximum Gasteiger partial charge on any atom is 0.331 e. The van der Waals surface area contributed by atoms with Gasteiger partial charge in [-0.3, -0.25) is 4.90 Å². The molecule has 0 amide bonds. The molecule has 5 aliphatic rings. The predicted molar refractivity (Wildman–Crippen MR) is 60.3 cm³/mol. The summed E-state index contributed by atoms with van der Waals surface area (Å²) in [6, 6.07) is 0.527. The van der Waals surface area contributed by atoms with Crippen molar-refractivity contribution in [2.24, 2.45) is 0 Å². The molecule has 2 bridgehead atoms. The van der Waals surface area contributed by atoms with Gasteiger partial charge in [-0.2, -0.15) is 0 Å². The number of carbonyl (C=O) groups is 1. The van der Waals surface area contributed by atoms with Crippen LogP contribution < -0.4 is 0 Å². The van der Waals surface area contributed by atoms with E-state index in [1.165, 1.54) is 12.8 Å². The lowest BCUT2D eigenvalue weighted by Crippen LogP contribution is -2.71. The zero-order valence-corrected chi connectivity index (χ0v) is 9.76. The van der Waals surface area contributed by atoms with E-state index in [0.29, 0.717) is 12.5 Å². The van der Waals surface area contributed by atoms with Crippen molar-refractivity contribution in [2.75, 3.05) is 6.54 Å². The van der Waals surface area contributed by atoms with Crippen LogP contribution in [0.4, 0.5) is 0 Å². The Morgan fingerprint density at radius 1 is 1.47 bits per heavy atom. The smallest absolute Gasteiger partial charge is 0.331 e. The second kappa shape index (κ2) is 3.12. The first kappa shape index (κ1) is 10.1. The van der Waals surface area contributed by atoms with E-state index in [1.807, 2.05) is 0 Å². The highest BCUT2D eigenvalue weighted by Crippen LogP contribution is 2.53. The summed E-state index contributed by atoms with van der Waals surface area (Å²) in [6.07, 6.45) is 6.24. The molecule has 4 aliphatic heterocycles. The monoisotopic (exact) mass is 235 g/mol. The third-order valence-electron chi connectivity index (χ3n) is 5.01. The molecule has 4 heteroatoms. The second-order valence-corrected chi connectivity index (χ2v) is 5.77. The van der Waals surface area contributed by atoms with Gasteiger partial charge in [0.25, 0.3) is 0 Å². The Balaban J connectivity index is 1.82. The van der Waals surface area contributed by atoms with E-state index >= 15 is 0 Å². The first-order valence-electron chi connectivity index (χ1n) is 6.58. The van der Waals surface area contributed by atoms with Crippen molar-refractivity contribution in [1.82, 2.24) is 4.90 Å². The average Bonchev–Trinajstić information content (AvgIpc) is 2.64. The lowest BCUT2D eigenvalue weighted by atomic mass is 9.64. The van der Waals surface area contributed by atoms with Crippen LogP contribution in [0.5, 0.6) is 0 Å². The maximum absolute atomic E-state index is 11.6. The first-order valence-corrected chi connectivity index (χ1v) is 6.58. The van der Waals surface area contributed by atoms with E-state index in [-0.39, 0.29) is 18.1 Å². The van der Waals surface area contributed by atoms with E-state index in [9.17, 15) is 9.90 Å². The number of hydrogen-bond acceptors (Lipinski definition) is 4. The van der Waals surface area contributed by atoms with E-state index in [4.69, 9.17) is 4.74 Å². The molecule has 1 spiro atoms. The fourth-order valence-electron chi connectivity index (χ4n) is 4.36. The number of aliphatic hydroxyl groups is 1. The molecule has 4 heterocycles. The molecule has 4 atom stereocenters. The van der Waals surface area contributed by atoms with Crippen LogP contribution in [0, 0.1) is 0 Å². The van der Waals surface area contributed by atoms with E-state index in [1.54, 1.807) is 6.08 Å². The van der Waals surface area contributed by atoms with Gasteiger partial charge in [-0.05, 0) is 31.4 Å². The summed E-state index contributed by atoms with van der Waals surface area (Å²) in [6.45, 7) is 1.04. The summed E-state index contributed by atoms with van der Waals surface area (Å²) >= 11 is 0. The fraction of sp³-hybridized carbons (Fsp3) is 0.769. The number of fused-ring (bicyclic) bond motifs is 1. The van der Waals surface area contributed by atoms with Crippen molar-refractivity contribution in [3.05, 3.63) is 11.6 Å². The Kier molecular flexibility index (Phi) is 1.85. The van der Waals surface area contributed by atoms with Gasteiger partial charge in [-0.15, -0.1) is 0 Å². The molecule has 3 saturated heterocycles. The summed E-state index contributed by atoms with van der Waals surface area (Å²) < 4.78 is 5.65. The summed E-state index contributed by atoms with van der Waals surface area (Å²) in [5, 5.41) is 10.2. The van der Waals surface area contributed by atoms with Crippen LogP contribution >= 0.6 is 0 Å². The van der Waals surface area contributed by atoms with Crippen LogP contribution in [-0.2, 0) is 9.53 Å². The van der Waals surface area contributed by atoms with Gasteiger partial charge in [0.2, 0.25) is 0 Å². The van der Waals surface area contributed by atoms with Crippen molar-refractivity contribution in [3.8, 4) is 0 Å². The summed E-state index contributed by atoms with van der Waals surface area (Å²) in [7, 11) is 0. The number of nitrogens with zero attached hydrogens (tertiary/aromatic N) is 1. The molecule has 0 aromatic rings. The van der Waals surface area contributed by atoms with Crippen LogP contribution in [0.3, 0.4) is 0 Å². The number of esters is 1. The Hall–Kier alpha value is -0.870. The molecule has 1 N–H and O–H groups in total. The van der Waals surface area contributed by atoms with Gasteiger partial charge in [0.05, 0.1) is 12.1 Å². The van der Waals surface area contributed by atoms with E-state index in [0.717, 1.165) is 25.0 Å². The molecule has 0 aromatic heterocycles. The number of ether oxygens (including phenoxy) is 1. The van der Waals surface area contributed by atoms with Crippen molar-refractivity contribution in [2.45, 2.75) is 55.9 Å². The van der Waals surface area contributed by atoms with Gasteiger partial charge < -0.3 is 9.84 Å². The van der Waals surface area contributed by atoms with Crippen molar-refractivity contribution >= 4 is 5.97 Å². The highest BCUT2D eigenvalue weighted by molar-refractivity contribution is 5.87. The van der Waals surface area contributed by atoms with Crippen LogP contribution in [-0.4, -0.2) is 46.3 Å². The second-order valence-electron chi connectivity index (χ2n) is 5.77. The van der Waals surface area contributed by atoms with Gasteiger partial charge >= 0.3 is 5.97 Å². The number of hydrogen-bond donors (Lipinski definition) is 1. The minimum Gasteiger partial charge on any atom is -0.450 e. The van der Waals surface area contributed by atoms with E-state index in [2.05, 4.69) is 4.90 Å². The van der Waals surface area contributed by atoms with Gasteiger partial charge in [0, 0.05) is 18.5 Å². The molecular weight excluding hydrogens is 218 g/mol. The van der Waals surface area contributed by atoms with Crippen molar-refractivity contribution in [3.63, 3.8) is 0 Å². The molecular formula is C13H17NO3. The largest absolute Gasteiger partial charge is 0.450 e. The number of piperidine rings is 3. The minimum absolute atomic E-state index is 0.208. The molecule has 5 rings (SSSR count). The predicted octanol–water partition coefficient (Wildman–Crippen LogP) is 0.600. The Labute approximate surface area is 100 Å². The average molecular weight is 235 g/mol. The molecule has 92 valence electrons. The molecule has 0 aromatic carbocycles. The Morgan fingerprint density at radius 3 is 3.24 bits per heavy atom. The molecule has 1 aliphatic carbocycles. The molecule has 17 heavy (non-hydrogen) atoms. The molecule has 4 nitrogen and oxygen atoms in total. The van der Waals surface area contributed by atoms with Crippen LogP contribution in [0.2, 0.25) is 0 Å². The van der Waals surface area contributed by atoms with Gasteiger partial charge in [-0.1, -0.05) is 6.42 Å². The van der Waals surface area contributed by atoms with Crippen LogP contribution in [0.25, 0.3) is 0 Å². The van der Waals surface area contributed by atoms with Crippen LogP contribution in [0.1, 0.15) is 32.1 Å². The van der Waals surface area contributed by atoms with Gasteiger partial charge in [-0.25, -0.2) is 4.79 Å². The molecule has 1 saturated carbocycles. The fourth-order valence-corrected chi connectivity index (χ4v) is 4.36. The molecule has 4 unspecified atom stereocenters. The third kappa shape index (κ3) is 1.13. The Morgan fingerprint density at radius 2 is 2.35 bits per heavy atom. The summed E-state index contributed by atoms with van der Waals surface area (Å²) in [4.78, 5) is 14.0.